The predicted molar refractivity (Wildman–Crippen MR) is 115 cm³/mol. The van der Waals surface area contributed by atoms with Crippen molar-refractivity contribution < 1.29 is 9.53 Å². The van der Waals surface area contributed by atoms with Crippen LogP contribution in [0, 0.1) is 17.2 Å². The maximum atomic E-state index is 12.6. The van der Waals surface area contributed by atoms with Gasteiger partial charge in [-0.3, -0.25) is 4.79 Å². The summed E-state index contributed by atoms with van der Waals surface area (Å²) in [6.45, 7) is 6.15. The lowest BCUT2D eigenvalue weighted by atomic mass is 9.88. The summed E-state index contributed by atoms with van der Waals surface area (Å²) in [6, 6.07) is 18.2. The van der Waals surface area contributed by atoms with Gasteiger partial charge in [0.15, 0.2) is 0 Å². The van der Waals surface area contributed by atoms with Crippen molar-refractivity contribution >= 4 is 5.91 Å². The molecule has 2 aromatic carbocycles. The van der Waals surface area contributed by atoms with E-state index in [0.717, 1.165) is 48.4 Å². The second kappa shape index (κ2) is 10.1. The number of nitrogens with one attached hydrogen (secondary N) is 2. The molecule has 0 bridgehead atoms. The highest BCUT2D eigenvalue weighted by Gasteiger charge is 2.22. The topological polar surface area (TPSA) is 74.2 Å². The van der Waals surface area contributed by atoms with Gasteiger partial charge in [0.2, 0.25) is 5.91 Å². The van der Waals surface area contributed by atoms with E-state index in [1.54, 1.807) is 0 Å². The summed E-state index contributed by atoms with van der Waals surface area (Å²) in [6.07, 6.45) is 2.02. The molecule has 0 aromatic heterocycles. The van der Waals surface area contributed by atoms with Crippen molar-refractivity contribution in [2.45, 2.75) is 38.7 Å². The van der Waals surface area contributed by atoms with Gasteiger partial charge in [0.25, 0.3) is 0 Å². The van der Waals surface area contributed by atoms with E-state index in [9.17, 15) is 4.79 Å². The van der Waals surface area contributed by atoms with Crippen LogP contribution < -0.4 is 15.4 Å². The Morgan fingerprint density at radius 1 is 1.24 bits per heavy atom. The molecule has 29 heavy (non-hydrogen) atoms. The van der Waals surface area contributed by atoms with Crippen molar-refractivity contribution in [3.05, 3.63) is 54.1 Å². The lowest BCUT2D eigenvalue weighted by Crippen LogP contribution is -2.30. The first kappa shape index (κ1) is 20.9. The molecule has 2 aromatic rings. The molecule has 1 fully saturated rings. The molecule has 0 radical (unpaired) electrons. The zero-order chi connectivity index (χ0) is 20.6. The monoisotopic (exact) mass is 391 g/mol. The number of nitriles is 1. The predicted octanol–water partition coefficient (Wildman–Crippen LogP) is 3.86. The minimum absolute atomic E-state index is 0.0328. The number of ether oxygens (including phenoxy) is 1. The third-order valence-corrected chi connectivity index (χ3v) is 5.16. The van der Waals surface area contributed by atoms with Gasteiger partial charge in [0.1, 0.15) is 18.4 Å². The molecule has 152 valence electrons. The summed E-state index contributed by atoms with van der Waals surface area (Å²) in [5.41, 5.74) is 3.13. The SMILES string of the molecule is CC(C)CC(C(=O)NCC#N)c1cccc(-c2ccc(OC3CCNC3)cc2)c1. The molecule has 0 saturated carbocycles. The molecule has 1 heterocycles. The van der Waals surface area contributed by atoms with Crippen LogP contribution in [0.5, 0.6) is 5.75 Å². The minimum atomic E-state index is -0.263. The lowest BCUT2D eigenvalue weighted by molar-refractivity contribution is -0.122. The lowest BCUT2D eigenvalue weighted by Gasteiger charge is -2.19. The Hall–Kier alpha value is -2.84. The maximum absolute atomic E-state index is 12.6. The molecular weight excluding hydrogens is 362 g/mol. The number of nitrogens with zero attached hydrogens (tertiary/aromatic N) is 1. The summed E-state index contributed by atoms with van der Waals surface area (Å²) >= 11 is 0. The molecular formula is C24H29N3O2. The molecule has 2 N–H and O–H groups in total. The molecule has 2 atom stereocenters. The van der Waals surface area contributed by atoms with E-state index >= 15 is 0 Å². The molecule has 0 spiro atoms. The quantitative estimate of drug-likeness (QED) is 0.670. The van der Waals surface area contributed by atoms with Crippen molar-refractivity contribution in [3.63, 3.8) is 0 Å². The van der Waals surface area contributed by atoms with Gasteiger partial charge in [-0.15, -0.1) is 0 Å². The molecule has 2 unspecified atom stereocenters. The van der Waals surface area contributed by atoms with Crippen molar-refractivity contribution in [1.82, 2.24) is 10.6 Å². The van der Waals surface area contributed by atoms with Crippen molar-refractivity contribution in [1.29, 1.82) is 5.26 Å². The maximum Gasteiger partial charge on any atom is 0.228 e. The molecule has 5 heteroatoms. The first-order chi connectivity index (χ1) is 14.1. The zero-order valence-electron chi connectivity index (χ0n) is 17.2. The fraction of sp³-hybridized carbons (Fsp3) is 0.417. The number of hydrogen-bond acceptors (Lipinski definition) is 4. The summed E-state index contributed by atoms with van der Waals surface area (Å²) in [7, 11) is 0. The number of carbonyl (C=O) groups excluding carboxylic acids is 1. The average Bonchev–Trinajstić information content (AvgIpc) is 3.24. The summed E-state index contributed by atoms with van der Waals surface area (Å²) in [5, 5.41) is 14.8. The van der Waals surface area contributed by atoms with E-state index in [2.05, 4.69) is 48.7 Å². The number of carbonyl (C=O) groups is 1. The third-order valence-electron chi connectivity index (χ3n) is 5.16. The fourth-order valence-electron chi connectivity index (χ4n) is 3.70. The highest BCUT2D eigenvalue weighted by molar-refractivity contribution is 5.84. The van der Waals surface area contributed by atoms with Crippen LogP contribution >= 0.6 is 0 Å². The van der Waals surface area contributed by atoms with Crippen molar-refractivity contribution in [3.8, 4) is 22.9 Å². The van der Waals surface area contributed by atoms with Gasteiger partial charge in [-0.25, -0.2) is 0 Å². The van der Waals surface area contributed by atoms with E-state index in [1.807, 2.05) is 30.3 Å². The smallest absolute Gasteiger partial charge is 0.228 e. The second-order valence-electron chi connectivity index (χ2n) is 7.94. The van der Waals surface area contributed by atoms with Gasteiger partial charge >= 0.3 is 0 Å². The van der Waals surface area contributed by atoms with Gasteiger partial charge in [-0.05, 0) is 54.1 Å². The number of rotatable bonds is 8. The highest BCUT2D eigenvalue weighted by Crippen LogP contribution is 2.29. The Labute approximate surface area is 173 Å². The second-order valence-corrected chi connectivity index (χ2v) is 7.94. The largest absolute Gasteiger partial charge is 0.489 e. The van der Waals surface area contributed by atoms with Crippen LogP contribution in [0.25, 0.3) is 11.1 Å². The van der Waals surface area contributed by atoms with Crippen LogP contribution in [-0.2, 0) is 4.79 Å². The molecule has 1 saturated heterocycles. The first-order valence-electron chi connectivity index (χ1n) is 10.3. The Balaban J connectivity index is 1.77. The average molecular weight is 392 g/mol. The highest BCUT2D eigenvalue weighted by atomic mass is 16.5. The molecule has 1 aliphatic rings. The van der Waals surface area contributed by atoms with E-state index < -0.39 is 0 Å². The van der Waals surface area contributed by atoms with E-state index in [1.165, 1.54) is 0 Å². The van der Waals surface area contributed by atoms with Crippen LogP contribution in [0.2, 0.25) is 0 Å². The molecule has 5 nitrogen and oxygen atoms in total. The van der Waals surface area contributed by atoms with Crippen molar-refractivity contribution in [2.75, 3.05) is 19.6 Å². The van der Waals surface area contributed by atoms with Crippen LogP contribution in [-0.4, -0.2) is 31.6 Å². The van der Waals surface area contributed by atoms with Gasteiger partial charge in [-0.1, -0.05) is 50.2 Å². The first-order valence-corrected chi connectivity index (χ1v) is 10.3. The van der Waals surface area contributed by atoms with Gasteiger partial charge in [0.05, 0.1) is 12.0 Å². The molecule has 3 rings (SSSR count). The Kier molecular flexibility index (Phi) is 7.26. The van der Waals surface area contributed by atoms with E-state index in [0.29, 0.717) is 5.92 Å². The number of hydrogen-bond donors (Lipinski definition) is 2. The van der Waals surface area contributed by atoms with Crippen LogP contribution in [0.1, 0.15) is 38.2 Å². The number of amides is 1. The summed E-state index contributed by atoms with van der Waals surface area (Å²) in [5.74, 6) is 0.900. The normalized spacial score (nSPS) is 17.0. The number of benzene rings is 2. The Morgan fingerprint density at radius 2 is 2.03 bits per heavy atom. The van der Waals surface area contributed by atoms with E-state index in [4.69, 9.17) is 10.00 Å². The van der Waals surface area contributed by atoms with Crippen LogP contribution in [0.3, 0.4) is 0 Å². The molecule has 1 amide bonds. The van der Waals surface area contributed by atoms with Gasteiger partial charge in [-0.2, -0.15) is 5.26 Å². The van der Waals surface area contributed by atoms with Crippen LogP contribution in [0.15, 0.2) is 48.5 Å². The van der Waals surface area contributed by atoms with E-state index in [-0.39, 0.29) is 24.5 Å². The molecule has 1 aliphatic heterocycles. The van der Waals surface area contributed by atoms with Crippen molar-refractivity contribution in [2.24, 2.45) is 5.92 Å². The molecule has 0 aliphatic carbocycles. The third kappa shape index (κ3) is 5.82. The standard InChI is InChI=1S/C24H29N3O2/c1-17(2)14-23(24(28)27-13-11-25)20-5-3-4-19(15-20)18-6-8-21(9-7-18)29-22-10-12-26-16-22/h3-9,15,17,22-23,26H,10,12-14,16H2,1-2H3,(H,27,28). The Morgan fingerprint density at radius 3 is 2.69 bits per heavy atom. The van der Waals surface area contributed by atoms with Gasteiger partial charge in [0, 0.05) is 6.54 Å². The minimum Gasteiger partial charge on any atom is -0.489 e. The fourth-order valence-corrected chi connectivity index (χ4v) is 3.70. The zero-order valence-corrected chi connectivity index (χ0v) is 17.2. The summed E-state index contributed by atoms with van der Waals surface area (Å²) in [4.78, 5) is 12.6. The van der Waals surface area contributed by atoms with Gasteiger partial charge < -0.3 is 15.4 Å². The summed E-state index contributed by atoms with van der Waals surface area (Å²) < 4.78 is 6.00. The Bertz CT molecular complexity index is 849. The van der Waals surface area contributed by atoms with Crippen LogP contribution in [0.4, 0.5) is 0 Å².